The lowest BCUT2D eigenvalue weighted by molar-refractivity contribution is 0.185. The highest BCUT2D eigenvalue weighted by molar-refractivity contribution is 5.48. The average Bonchev–Trinajstić information content (AvgIpc) is 2.72. The summed E-state index contributed by atoms with van der Waals surface area (Å²) in [7, 11) is 1.71. The summed E-state index contributed by atoms with van der Waals surface area (Å²) < 4.78 is 7.32. The molecule has 0 radical (unpaired) electrons. The maximum atomic E-state index is 5.24. The summed E-state index contributed by atoms with van der Waals surface area (Å²) in [6, 6.07) is 8.20. The SMILES string of the molecule is CCNc1nc(C)cn1-c1ccccc1COC. The zero-order chi connectivity index (χ0) is 13.0. The molecule has 96 valence electrons. The fourth-order valence-corrected chi connectivity index (χ4v) is 1.99. The molecule has 2 rings (SSSR count). The number of benzene rings is 1. The van der Waals surface area contributed by atoms with Crippen LogP contribution in [0.1, 0.15) is 18.2 Å². The Hall–Kier alpha value is -1.81. The molecule has 0 aliphatic carbocycles. The molecule has 1 heterocycles. The Bertz CT molecular complexity index is 520. The molecule has 4 nitrogen and oxygen atoms in total. The summed E-state index contributed by atoms with van der Waals surface area (Å²) in [4.78, 5) is 4.49. The highest BCUT2D eigenvalue weighted by Crippen LogP contribution is 2.20. The number of nitrogens with zero attached hydrogens (tertiary/aromatic N) is 2. The van der Waals surface area contributed by atoms with Crippen LogP contribution in [-0.4, -0.2) is 23.2 Å². The number of aromatic nitrogens is 2. The second-order valence-corrected chi connectivity index (χ2v) is 4.17. The molecular formula is C14H19N3O. The third kappa shape index (κ3) is 2.54. The molecule has 2 aromatic rings. The number of imidazole rings is 1. The largest absolute Gasteiger partial charge is 0.380 e. The summed E-state index contributed by atoms with van der Waals surface area (Å²) in [5.74, 6) is 0.874. The van der Waals surface area contributed by atoms with Crippen LogP contribution in [0.15, 0.2) is 30.5 Å². The van der Waals surface area contributed by atoms with Crippen LogP contribution in [0.2, 0.25) is 0 Å². The lowest BCUT2D eigenvalue weighted by atomic mass is 10.2. The van der Waals surface area contributed by atoms with E-state index < -0.39 is 0 Å². The molecule has 1 N–H and O–H groups in total. The molecule has 0 saturated heterocycles. The van der Waals surface area contributed by atoms with Crippen molar-refractivity contribution in [3.63, 3.8) is 0 Å². The van der Waals surface area contributed by atoms with Gasteiger partial charge in [-0.15, -0.1) is 0 Å². The van der Waals surface area contributed by atoms with E-state index in [0.717, 1.165) is 29.4 Å². The van der Waals surface area contributed by atoms with Gasteiger partial charge in [0.05, 0.1) is 18.0 Å². The normalized spacial score (nSPS) is 10.6. The fraction of sp³-hybridized carbons (Fsp3) is 0.357. The Kier molecular flexibility index (Phi) is 3.99. The average molecular weight is 245 g/mol. The minimum absolute atomic E-state index is 0.596. The molecule has 1 aromatic carbocycles. The topological polar surface area (TPSA) is 39.1 Å². The summed E-state index contributed by atoms with van der Waals surface area (Å²) in [5, 5.41) is 3.28. The molecule has 0 amide bonds. The van der Waals surface area contributed by atoms with Crippen molar-refractivity contribution in [1.29, 1.82) is 0 Å². The van der Waals surface area contributed by atoms with Crippen molar-refractivity contribution in [2.45, 2.75) is 20.5 Å². The van der Waals surface area contributed by atoms with Gasteiger partial charge in [0.1, 0.15) is 0 Å². The van der Waals surface area contributed by atoms with Crippen LogP contribution in [0.4, 0.5) is 5.95 Å². The highest BCUT2D eigenvalue weighted by Gasteiger charge is 2.09. The second-order valence-electron chi connectivity index (χ2n) is 4.17. The third-order valence-electron chi connectivity index (χ3n) is 2.71. The van der Waals surface area contributed by atoms with Gasteiger partial charge in [0, 0.05) is 25.4 Å². The summed E-state index contributed by atoms with van der Waals surface area (Å²) >= 11 is 0. The number of rotatable bonds is 5. The molecule has 0 spiro atoms. The van der Waals surface area contributed by atoms with Crippen molar-refractivity contribution in [3.05, 3.63) is 41.7 Å². The van der Waals surface area contributed by atoms with Crippen molar-refractivity contribution in [3.8, 4) is 5.69 Å². The van der Waals surface area contributed by atoms with E-state index in [1.807, 2.05) is 25.3 Å². The van der Waals surface area contributed by atoms with Crippen molar-refractivity contribution >= 4 is 5.95 Å². The monoisotopic (exact) mass is 245 g/mol. The first-order chi connectivity index (χ1) is 8.76. The molecule has 0 saturated carbocycles. The van der Waals surface area contributed by atoms with Gasteiger partial charge in [-0.05, 0) is 19.9 Å². The quantitative estimate of drug-likeness (QED) is 0.880. The fourth-order valence-electron chi connectivity index (χ4n) is 1.99. The minimum Gasteiger partial charge on any atom is -0.380 e. The van der Waals surface area contributed by atoms with Gasteiger partial charge in [0.2, 0.25) is 5.95 Å². The van der Waals surface area contributed by atoms with Gasteiger partial charge in [-0.2, -0.15) is 0 Å². The number of methoxy groups -OCH3 is 1. The van der Waals surface area contributed by atoms with Crippen LogP contribution < -0.4 is 5.32 Å². The van der Waals surface area contributed by atoms with Crippen LogP contribution in [0.25, 0.3) is 5.69 Å². The van der Waals surface area contributed by atoms with Crippen LogP contribution >= 0.6 is 0 Å². The van der Waals surface area contributed by atoms with E-state index in [-0.39, 0.29) is 0 Å². The number of ether oxygens (including phenoxy) is 1. The molecule has 0 unspecified atom stereocenters. The van der Waals surface area contributed by atoms with Gasteiger partial charge in [0.25, 0.3) is 0 Å². The lowest BCUT2D eigenvalue weighted by Crippen LogP contribution is -2.07. The number of para-hydroxylation sites is 1. The standard InChI is InChI=1S/C14H19N3O/c1-4-15-14-16-11(2)9-17(14)13-8-6-5-7-12(13)10-18-3/h5-9H,4,10H2,1-3H3,(H,15,16). The van der Waals surface area contributed by atoms with Crippen LogP contribution in [0, 0.1) is 6.92 Å². The first-order valence-corrected chi connectivity index (χ1v) is 6.13. The summed E-state index contributed by atoms with van der Waals surface area (Å²) in [5.41, 5.74) is 3.26. The zero-order valence-electron chi connectivity index (χ0n) is 11.1. The lowest BCUT2D eigenvalue weighted by Gasteiger charge is -2.12. The predicted octanol–water partition coefficient (Wildman–Crippen LogP) is 2.76. The van der Waals surface area contributed by atoms with Crippen LogP contribution in [0.5, 0.6) is 0 Å². The van der Waals surface area contributed by atoms with Gasteiger partial charge < -0.3 is 10.1 Å². The van der Waals surface area contributed by atoms with E-state index in [0.29, 0.717) is 6.61 Å². The highest BCUT2D eigenvalue weighted by atomic mass is 16.5. The van der Waals surface area contributed by atoms with Crippen molar-refractivity contribution in [2.24, 2.45) is 0 Å². The summed E-state index contributed by atoms with van der Waals surface area (Å²) in [6.45, 7) is 5.51. The first-order valence-electron chi connectivity index (χ1n) is 6.13. The van der Waals surface area contributed by atoms with Crippen molar-refractivity contribution < 1.29 is 4.74 Å². The molecule has 0 aliphatic heterocycles. The van der Waals surface area contributed by atoms with E-state index in [1.165, 1.54) is 0 Å². The predicted molar refractivity (Wildman–Crippen MR) is 73.2 cm³/mol. The maximum Gasteiger partial charge on any atom is 0.207 e. The van der Waals surface area contributed by atoms with Gasteiger partial charge in [0.15, 0.2) is 0 Å². The second kappa shape index (κ2) is 5.69. The molecule has 0 aliphatic rings. The molecule has 0 bridgehead atoms. The van der Waals surface area contributed by atoms with E-state index in [2.05, 4.69) is 33.9 Å². The number of nitrogens with one attached hydrogen (secondary N) is 1. The Balaban J connectivity index is 2.47. The smallest absolute Gasteiger partial charge is 0.207 e. The molecule has 18 heavy (non-hydrogen) atoms. The van der Waals surface area contributed by atoms with Gasteiger partial charge in [-0.3, -0.25) is 4.57 Å². The molecule has 1 aromatic heterocycles. The van der Waals surface area contributed by atoms with Crippen LogP contribution in [0.3, 0.4) is 0 Å². The van der Waals surface area contributed by atoms with Gasteiger partial charge >= 0.3 is 0 Å². The number of aryl methyl sites for hydroxylation is 1. The Morgan fingerprint density at radius 1 is 1.33 bits per heavy atom. The van der Waals surface area contributed by atoms with Crippen molar-refractivity contribution in [1.82, 2.24) is 9.55 Å². The van der Waals surface area contributed by atoms with Crippen molar-refractivity contribution in [2.75, 3.05) is 19.0 Å². The maximum absolute atomic E-state index is 5.24. The zero-order valence-corrected chi connectivity index (χ0v) is 11.1. The number of anilines is 1. The molecule has 0 fully saturated rings. The number of hydrogen-bond donors (Lipinski definition) is 1. The van der Waals surface area contributed by atoms with E-state index in [4.69, 9.17) is 4.74 Å². The van der Waals surface area contributed by atoms with Gasteiger partial charge in [-0.1, -0.05) is 18.2 Å². The van der Waals surface area contributed by atoms with E-state index in [1.54, 1.807) is 7.11 Å². The minimum atomic E-state index is 0.596. The Morgan fingerprint density at radius 2 is 2.11 bits per heavy atom. The van der Waals surface area contributed by atoms with E-state index in [9.17, 15) is 0 Å². The molecular weight excluding hydrogens is 226 g/mol. The number of hydrogen-bond acceptors (Lipinski definition) is 3. The molecule has 4 heteroatoms. The molecule has 0 atom stereocenters. The third-order valence-corrected chi connectivity index (χ3v) is 2.71. The Labute approximate surface area is 108 Å². The van der Waals surface area contributed by atoms with Gasteiger partial charge in [-0.25, -0.2) is 4.98 Å². The first kappa shape index (κ1) is 12.6. The summed E-state index contributed by atoms with van der Waals surface area (Å²) in [6.07, 6.45) is 2.03. The Morgan fingerprint density at radius 3 is 2.83 bits per heavy atom. The van der Waals surface area contributed by atoms with Crippen LogP contribution in [-0.2, 0) is 11.3 Å². The van der Waals surface area contributed by atoms with E-state index >= 15 is 0 Å².